The molecule has 2 aromatic heterocycles. The Morgan fingerprint density at radius 2 is 2.05 bits per heavy atom. The maximum absolute atomic E-state index is 12.4. The summed E-state index contributed by atoms with van der Waals surface area (Å²) in [5.74, 6) is -0.193. The number of fused-ring (bicyclic) bond motifs is 1. The predicted octanol–water partition coefficient (Wildman–Crippen LogP) is 2.54. The Kier molecular flexibility index (Phi) is 3.16. The van der Waals surface area contributed by atoms with E-state index in [-0.39, 0.29) is 5.91 Å². The molecule has 2 heterocycles. The number of benzene rings is 1. The largest absolute Gasteiger partial charge is 0.320 e. The number of hydrogen-bond acceptors (Lipinski definition) is 3. The molecule has 0 aliphatic carbocycles. The first-order valence-electron chi connectivity index (χ1n) is 6.47. The maximum Gasteiger partial charge on any atom is 0.274 e. The van der Waals surface area contributed by atoms with E-state index in [4.69, 9.17) is 0 Å². The van der Waals surface area contributed by atoms with E-state index >= 15 is 0 Å². The van der Waals surface area contributed by atoms with Crippen molar-refractivity contribution < 1.29 is 4.79 Å². The molecule has 0 saturated heterocycles. The second-order valence-electron chi connectivity index (χ2n) is 4.40. The summed E-state index contributed by atoms with van der Waals surface area (Å²) in [5.41, 5.74) is 3.05. The molecule has 1 N–H and O–H groups in total. The van der Waals surface area contributed by atoms with Gasteiger partial charge in [-0.1, -0.05) is 25.1 Å². The molecule has 100 valence electrons. The normalized spacial score (nSPS) is 10.7. The van der Waals surface area contributed by atoms with Crippen LogP contribution in [-0.4, -0.2) is 20.5 Å². The number of aromatic nitrogens is 3. The number of hydrogen-bond donors (Lipinski definition) is 1. The lowest BCUT2D eigenvalue weighted by molar-refractivity contribution is 0.101. The zero-order chi connectivity index (χ0) is 13.9. The van der Waals surface area contributed by atoms with Crippen molar-refractivity contribution >= 4 is 17.2 Å². The number of para-hydroxylation sites is 1. The summed E-state index contributed by atoms with van der Waals surface area (Å²) < 4.78 is 1.53. The monoisotopic (exact) mass is 266 g/mol. The van der Waals surface area contributed by atoms with Crippen LogP contribution in [0.25, 0.3) is 5.65 Å². The summed E-state index contributed by atoms with van der Waals surface area (Å²) in [6.45, 7) is 2.06. The number of nitrogens with one attached hydrogen (secondary N) is 1. The van der Waals surface area contributed by atoms with E-state index in [0.29, 0.717) is 11.3 Å². The van der Waals surface area contributed by atoms with Crippen LogP contribution < -0.4 is 5.32 Å². The molecule has 0 atom stereocenters. The van der Waals surface area contributed by atoms with Crippen LogP contribution in [0, 0.1) is 0 Å². The molecular weight excluding hydrogens is 252 g/mol. The first kappa shape index (κ1) is 12.3. The topological polar surface area (TPSA) is 59.3 Å². The van der Waals surface area contributed by atoms with Gasteiger partial charge >= 0.3 is 0 Å². The molecule has 5 nitrogen and oxygen atoms in total. The van der Waals surface area contributed by atoms with Gasteiger partial charge in [-0.2, -0.15) is 5.10 Å². The van der Waals surface area contributed by atoms with E-state index in [2.05, 4.69) is 22.3 Å². The maximum atomic E-state index is 12.4. The predicted molar refractivity (Wildman–Crippen MR) is 76.8 cm³/mol. The highest BCUT2D eigenvalue weighted by molar-refractivity contribution is 6.03. The molecule has 1 aromatic carbocycles. The number of carbonyl (C=O) groups is 1. The van der Waals surface area contributed by atoms with Crippen LogP contribution in [0.1, 0.15) is 23.0 Å². The van der Waals surface area contributed by atoms with E-state index in [1.54, 1.807) is 24.5 Å². The molecule has 0 aliphatic rings. The number of anilines is 1. The lowest BCUT2D eigenvalue weighted by Crippen LogP contribution is -2.17. The van der Waals surface area contributed by atoms with Gasteiger partial charge < -0.3 is 5.32 Å². The van der Waals surface area contributed by atoms with Gasteiger partial charge in [-0.15, -0.1) is 0 Å². The third-order valence-corrected chi connectivity index (χ3v) is 3.17. The fraction of sp³-hybridized carbons (Fsp3) is 0.133. The summed E-state index contributed by atoms with van der Waals surface area (Å²) >= 11 is 0. The van der Waals surface area contributed by atoms with Crippen molar-refractivity contribution in [2.75, 3.05) is 5.32 Å². The Labute approximate surface area is 116 Å². The molecule has 0 saturated carbocycles. The molecule has 1 amide bonds. The van der Waals surface area contributed by atoms with Crippen molar-refractivity contribution in [2.24, 2.45) is 0 Å². The van der Waals surface area contributed by atoms with Crippen LogP contribution >= 0.6 is 0 Å². The minimum atomic E-state index is -0.193. The standard InChI is InChI=1S/C15H14N4O/c1-2-11-5-3-4-6-12(11)18-15(20)13-7-9-16-14-8-10-17-19(13)14/h3-10H,2H2,1H3,(H,18,20). The van der Waals surface area contributed by atoms with Crippen molar-refractivity contribution in [1.29, 1.82) is 0 Å². The highest BCUT2D eigenvalue weighted by Gasteiger charge is 2.12. The fourth-order valence-corrected chi connectivity index (χ4v) is 2.14. The van der Waals surface area contributed by atoms with Crippen LogP contribution in [0.4, 0.5) is 5.69 Å². The molecule has 0 bridgehead atoms. The molecule has 0 aliphatic heterocycles. The minimum Gasteiger partial charge on any atom is -0.320 e. The van der Waals surface area contributed by atoms with E-state index < -0.39 is 0 Å². The average molecular weight is 266 g/mol. The Morgan fingerprint density at radius 3 is 2.90 bits per heavy atom. The molecular formula is C15H14N4O. The van der Waals surface area contributed by atoms with Gasteiger partial charge in [0.05, 0.1) is 6.20 Å². The summed E-state index contributed by atoms with van der Waals surface area (Å²) in [5, 5.41) is 7.05. The Balaban J connectivity index is 1.95. The molecule has 0 radical (unpaired) electrons. The quantitative estimate of drug-likeness (QED) is 0.792. The summed E-state index contributed by atoms with van der Waals surface area (Å²) in [6.07, 6.45) is 4.10. The van der Waals surface area contributed by atoms with Crippen molar-refractivity contribution in [3.05, 3.63) is 60.0 Å². The smallest absolute Gasteiger partial charge is 0.274 e. The van der Waals surface area contributed by atoms with Crippen LogP contribution in [0.2, 0.25) is 0 Å². The summed E-state index contributed by atoms with van der Waals surface area (Å²) in [4.78, 5) is 16.5. The van der Waals surface area contributed by atoms with E-state index in [9.17, 15) is 4.79 Å². The van der Waals surface area contributed by atoms with Crippen LogP contribution in [-0.2, 0) is 6.42 Å². The van der Waals surface area contributed by atoms with Crippen molar-refractivity contribution in [3.8, 4) is 0 Å². The number of carbonyl (C=O) groups excluding carboxylic acids is 1. The van der Waals surface area contributed by atoms with Crippen LogP contribution in [0.5, 0.6) is 0 Å². The van der Waals surface area contributed by atoms with Gasteiger partial charge in [-0.3, -0.25) is 4.79 Å². The zero-order valence-corrected chi connectivity index (χ0v) is 11.1. The van der Waals surface area contributed by atoms with E-state index in [0.717, 1.165) is 17.7 Å². The number of aryl methyl sites for hydroxylation is 1. The number of nitrogens with zero attached hydrogens (tertiary/aromatic N) is 3. The molecule has 3 rings (SSSR count). The SMILES string of the molecule is CCc1ccccc1NC(=O)c1ccnc2ccnn12. The third-order valence-electron chi connectivity index (χ3n) is 3.17. The van der Waals surface area contributed by atoms with E-state index in [1.165, 1.54) is 4.52 Å². The fourth-order valence-electron chi connectivity index (χ4n) is 2.14. The van der Waals surface area contributed by atoms with Gasteiger partial charge in [0.1, 0.15) is 5.69 Å². The number of rotatable bonds is 3. The molecule has 20 heavy (non-hydrogen) atoms. The molecule has 0 unspecified atom stereocenters. The first-order valence-corrected chi connectivity index (χ1v) is 6.47. The minimum absolute atomic E-state index is 0.193. The highest BCUT2D eigenvalue weighted by Crippen LogP contribution is 2.16. The lowest BCUT2D eigenvalue weighted by Gasteiger charge is -2.10. The second kappa shape index (κ2) is 5.13. The summed E-state index contributed by atoms with van der Waals surface area (Å²) in [6, 6.07) is 11.2. The molecule has 0 spiro atoms. The Bertz CT molecular complexity index is 763. The molecule has 3 aromatic rings. The average Bonchev–Trinajstić information content (AvgIpc) is 2.96. The van der Waals surface area contributed by atoms with Gasteiger partial charge in [0.2, 0.25) is 0 Å². The van der Waals surface area contributed by atoms with Gasteiger partial charge in [0.15, 0.2) is 5.65 Å². The Morgan fingerprint density at radius 1 is 1.20 bits per heavy atom. The molecule has 5 heteroatoms. The van der Waals surface area contributed by atoms with Crippen molar-refractivity contribution in [3.63, 3.8) is 0 Å². The first-order chi connectivity index (χ1) is 9.79. The zero-order valence-electron chi connectivity index (χ0n) is 11.1. The Hall–Kier alpha value is -2.69. The van der Waals surface area contributed by atoms with Gasteiger partial charge in [-0.25, -0.2) is 9.50 Å². The highest BCUT2D eigenvalue weighted by atomic mass is 16.2. The second-order valence-corrected chi connectivity index (χ2v) is 4.40. The van der Waals surface area contributed by atoms with Gasteiger partial charge in [0, 0.05) is 18.0 Å². The lowest BCUT2D eigenvalue weighted by atomic mass is 10.1. The van der Waals surface area contributed by atoms with Crippen LogP contribution in [0.15, 0.2) is 48.8 Å². The van der Waals surface area contributed by atoms with Crippen molar-refractivity contribution in [2.45, 2.75) is 13.3 Å². The summed E-state index contributed by atoms with van der Waals surface area (Å²) in [7, 11) is 0. The number of amides is 1. The third kappa shape index (κ3) is 2.14. The van der Waals surface area contributed by atoms with Crippen molar-refractivity contribution in [1.82, 2.24) is 14.6 Å². The van der Waals surface area contributed by atoms with Gasteiger partial charge in [0.25, 0.3) is 5.91 Å². The van der Waals surface area contributed by atoms with Gasteiger partial charge in [-0.05, 0) is 24.1 Å². The van der Waals surface area contributed by atoms with Crippen LogP contribution in [0.3, 0.4) is 0 Å². The molecule has 0 fully saturated rings. The van der Waals surface area contributed by atoms with E-state index in [1.807, 2.05) is 24.3 Å².